The van der Waals surface area contributed by atoms with Gasteiger partial charge in [0.2, 0.25) is 0 Å². The van der Waals surface area contributed by atoms with Crippen LogP contribution in [0.4, 0.5) is 0 Å². The summed E-state index contributed by atoms with van der Waals surface area (Å²) < 4.78 is 4.65. The van der Waals surface area contributed by atoms with Crippen LogP contribution in [-0.4, -0.2) is 14.1 Å². The molecule has 11 rings (SSSR count). The molecule has 0 fully saturated rings. The molecule has 272 valence electrons. The molecule has 3 aromatic heterocycles. The first-order valence-electron chi connectivity index (χ1n) is 19.7. The molecule has 9 aromatic rings. The molecule has 0 saturated heterocycles. The van der Waals surface area contributed by atoms with Crippen molar-refractivity contribution in [3.63, 3.8) is 0 Å². The highest BCUT2D eigenvalue weighted by Gasteiger charge is 2.35. The Morgan fingerprint density at radius 1 is 0.526 bits per heavy atom. The smallest absolute Gasteiger partial charge is 0.137 e. The predicted molar refractivity (Wildman–Crippen MR) is 240 cm³/mol. The lowest BCUT2D eigenvalue weighted by molar-refractivity contribution is 0.578. The van der Waals surface area contributed by atoms with E-state index in [1.807, 2.05) is 30.6 Å². The van der Waals surface area contributed by atoms with Crippen molar-refractivity contribution in [1.29, 1.82) is 0 Å². The summed E-state index contributed by atoms with van der Waals surface area (Å²) in [7, 11) is 0. The standard InChI is InChI=1S/C53H40N4/c1-53(2)45-33-37(19-17-35-23-27-49-43(31-35)41-11-3-5-13-47(41)56(49)51-15-7-9-29-54-51)21-25-39(45)40-26-22-38(34-46(40)53)20-18-36-24-28-50-44(32-36)42-12-4-6-14-48(42)57(50)52-16-8-10-30-55-52/h3-34,51,54H,1-2H3/b19-17+,20-18+. The summed E-state index contributed by atoms with van der Waals surface area (Å²) >= 11 is 0. The Hall–Kier alpha value is -7.17. The van der Waals surface area contributed by atoms with E-state index in [-0.39, 0.29) is 11.6 Å². The van der Waals surface area contributed by atoms with Gasteiger partial charge in [-0.3, -0.25) is 4.57 Å². The molecule has 0 saturated carbocycles. The van der Waals surface area contributed by atoms with Crippen LogP contribution in [0.3, 0.4) is 0 Å². The molecular weight excluding hydrogens is 693 g/mol. The number of pyridine rings is 1. The Kier molecular flexibility index (Phi) is 7.55. The number of hydrogen-bond donors (Lipinski definition) is 1. The molecule has 1 unspecified atom stereocenters. The second-order valence-corrected chi connectivity index (χ2v) is 15.7. The van der Waals surface area contributed by atoms with Gasteiger partial charge in [-0.15, -0.1) is 0 Å². The molecule has 57 heavy (non-hydrogen) atoms. The van der Waals surface area contributed by atoms with Crippen molar-refractivity contribution in [3.8, 4) is 16.9 Å². The minimum atomic E-state index is -0.123. The molecule has 0 radical (unpaired) electrons. The van der Waals surface area contributed by atoms with E-state index >= 15 is 0 Å². The lowest BCUT2D eigenvalue weighted by Crippen LogP contribution is -2.21. The normalized spacial score (nSPS) is 15.7. The quantitative estimate of drug-likeness (QED) is 0.173. The number of fused-ring (bicyclic) bond motifs is 9. The van der Waals surface area contributed by atoms with Gasteiger partial charge in [-0.1, -0.05) is 135 Å². The summed E-state index contributed by atoms with van der Waals surface area (Å²) in [4.78, 5) is 4.67. The van der Waals surface area contributed by atoms with Crippen molar-refractivity contribution < 1.29 is 0 Å². The number of nitrogens with zero attached hydrogens (tertiary/aromatic N) is 3. The molecule has 6 aromatic carbocycles. The topological polar surface area (TPSA) is 34.8 Å². The fourth-order valence-corrected chi connectivity index (χ4v) is 9.21. The maximum atomic E-state index is 4.67. The fraction of sp³-hybridized carbons (Fsp3) is 0.0755. The molecule has 1 atom stereocenters. The Balaban J connectivity index is 0.877. The number of nitrogens with one attached hydrogen (secondary N) is 1. The van der Waals surface area contributed by atoms with E-state index in [9.17, 15) is 0 Å². The maximum Gasteiger partial charge on any atom is 0.137 e. The number of benzene rings is 6. The number of hydrogen-bond acceptors (Lipinski definition) is 2. The summed E-state index contributed by atoms with van der Waals surface area (Å²) in [6.45, 7) is 4.72. The van der Waals surface area contributed by atoms with Crippen molar-refractivity contribution in [1.82, 2.24) is 19.4 Å². The molecule has 1 aliphatic carbocycles. The molecule has 4 heteroatoms. The van der Waals surface area contributed by atoms with Gasteiger partial charge in [0.25, 0.3) is 0 Å². The highest BCUT2D eigenvalue weighted by Crippen LogP contribution is 2.49. The zero-order chi connectivity index (χ0) is 38.1. The van der Waals surface area contributed by atoms with Crippen molar-refractivity contribution in [2.75, 3.05) is 0 Å². The lowest BCUT2D eigenvalue weighted by atomic mass is 9.81. The molecule has 1 N–H and O–H groups in total. The van der Waals surface area contributed by atoms with Gasteiger partial charge in [-0.25, -0.2) is 4.98 Å². The van der Waals surface area contributed by atoms with Gasteiger partial charge < -0.3 is 9.88 Å². The summed E-state index contributed by atoms with van der Waals surface area (Å²) in [5, 5.41) is 8.50. The first kappa shape index (κ1) is 33.2. The van der Waals surface area contributed by atoms with E-state index in [1.165, 1.54) is 77.1 Å². The van der Waals surface area contributed by atoms with Gasteiger partial charge in [-0.05, 0) is 111 Å². The van der Waals surface area contributed by atoms with Crippen molar-refractivity contribution in [2.45, 2.75) is 25.4 Å². The second-order valence-electron chi connectivity index (χ2n) is 15.7. The van der Waals surface area contributed by atoms with Gasteiger partial charge in [0.15, 0.2) is 0 Å². The highest BCUT2D eigenvalue weighted by atomic mass is 15.2. The number of dihydropyridines is 1. The Morgan fingerprint density at radius 2 is 1.05 bits per heavy atom. The molecule has 4 nitrogen and oxygen atoms in total. The molecule has 0 spiro atoms. The number of para-hydroxylation sites is 2. The summed E-state index contributed by atoms with van der Waals surface area (Å²) in [5.74, 6) is 0.929. The number of rotatable bonds is 6. The zero-order valence-corrected chi connectivity index (χ0v) is 31.9. The van der Waals surface area contributed by atoms with Crippen LogP contribution >= 0.6 is 0 Å². The Labute approximate surface area is 332 Å². The largest absolute Gasteiger partial charge is 0.368 e. The van der Waals surface area contributed by atoms with Crippen molar-refractivity contribution >= 4 is 67.9 Å². The third-order valence-corrected chi connectivity index (χ3v) is 12.0. The predicted octanol–water partition coefficient (Wildman–Crippen LogP) is 13.1. The molecular formula is C53H40N4. The van der Waals surface area contributed by atoms with Crippen molar-refractivity contribution in [2.24, 2.45) is 0 Å². The molecule has 4 heterocycles. The van der Waals surface area contributed by atoms with E-state index < -0.39 is 0 Å². The molecule has 2 aliphatic rings. The Morgan fingerprint density at radius 3 is 1.68 bits per heavy atom. The van der Waals surface area contributed by atoms with Gasteiger partial charge in [0.05, 0.1) is 22.1 Å². The first-order valence-corrected chi connectivity index (χ1v) is 19.7. The summed E-state index contributed by atoms with van der Waals surface area (Å²) in [6.07, 6.45) is 19.3. The van der Waals surface area contributed by atoms with Crippen LogP contribution in [0.1, 0.15) is 53.4 Å². The van der Waals surface area contributed by atoms with E-state index in [4.69, 9.17) is 0 Å². The highest BCUT2D eigenvalue weighted by molar-refractivity contribution is 6.10. The summed E-state index contributed by atoms with van der Waals surface area (Å²) in [5.41, 5.74) is 14.8. The SMILES string of the molecule is CC1(C)c2cc(/C=C/c3ccc4c(c3)c3ccccc3n4-c3ccccn3)ccc2-c2ccc(/C=C/c3ccc4c(c3)c3ccccc3n4C3C=CC=CN3)cc21. The van der Waals surface area contributed by atoms with Crippen LogP contribution in [-0.2, 0) is 5.41 Å². The minimum Gasteiger partial charge on any atom is -0.368 e. The van der Waals surface area contributed by atoms with Crippen LogP contribution in [0.15, 0.2) is 170 Å². The monoisotopic (exact) mass is 732 g/mol. The lowest BCUT2D eigenvalue weighted by Gasteiger charge is -2.22. The van der Waals surface area contributed by atoms with Crippen LogP contribution in [0.2, 0.25) is 0 Å². The molecule has 1 aliphatic heterocycles. The van der Waals surface area contributed by atoms with Gasteiger partial charge in [0.1, 0.15) is 12.0 Å². The number of allylic oxidation sites excluding steroid dienone is 2. The average molecular weight is 733 g/mol. The van der Waals surface area contributed by atoms with Gasteiger partial charge in [-0.2, -0.15) is 0 Å². The van der Waals surface area contributed by atoms with E-state index in [0.717, 1.165) is 16.9 Å². The Bertz CT molecular complexity index is 3180. The second kappa shape index (κ2) is 13.0. The van der Waals surface area contributed by atoms with Crippen LogP contribution < -0.4 is 5.32 Å². The zero-order valence-electron chi connectivity index (χ0n) is 31.9. The van der Waals surface area contributed by atoms with E-state index in [0.29, 0.717) is 0 Å². The van der Waals surface area contributed by atoms with E-state index in [1.54, 1.807) is 0 Å². The van der Waals surface area contributed by atoms with Crippen LogP contribution in [0.5, 0.6) is 0 Å². The van der Waals surface area contributed by atoms with Crippen molar-refractivity contribution in [3.05, 3.63) is 204 Å². The van der Waals surface area contributed by atoms with Crippen LogP contribution in [0.25, 0.3) is 84.9 Å². The maximum absolute atomic E-state index is 4.67. The third kappa shape index (κ3) is 5.40. The fourth-order valence-electron chi connectivity index (χ4n) is 9.21. The minimum absolute atomic E-state index is 0.0819. The molecule has 0 amide bonds. The van der Waals surface area contributed by atoms with Gasteiger partial charge >= 0.3 is 0 Å². The third-order valence-electron chi connectivity index (χ3n) is 12.0. The number of aromatic nitrogens is 3. The van der Waals surface area contributed by atoms with Gasteiger partial charge in [0, 0.05) is 33.2 Å². The molecule has 0 bridgehead atoms. The van der Waals surface area contributed by atoms with E-state index in [2.05, 4.69) is 197 Å². The summed E-state index contributed by atoms with van der Waals surface area (Å²) in [6, 6.07) is 50.8. The average Bonchev–Trinajstić information content (AvgIpc) is 3.85. The first-order chi connectivity index (χ1) is 28.0. The van der Waals surface area contributed by atoms with Crippen LogP contribution in [0, 0.1) is 0 Å².